The lowest BCUT2D eigenvalue weighted by Gasteiger charge is -2.40. The van der Waals surface area contributed by atoms with Crippen LogP contribution in [0.4, 0.5) is 0 Å². The summed E-state index contributed by atoms with van der Waals surface area (Å²) >= 11 is 0. The van der Waals surface area contributed by atoms with Crippen LogP contribution >= 0.6 is 0 Å². The molecule has 3 nitrogen and oxygen atoms in total. The van der Waals surface area contributed by atoms with Crippen LogP contribution in [0.1, 0.15) is 54.4 Å². The molecule has 1 aliphatic rings. The minimum Gasteiger partial charge on any atom is -0.311 e. The van der Waals surface area contributed by atoms with Crippen molar-refractivity contribution in [1.82, 2.24) is 15.1 Å². The molecule has 2 unspecified atom stereocenters. The quantitative estimate of drug-likeness (QED) is 0.837. The van der Waals surface area contributed by atoms with Gasteiger partial charge in [0.1, 0.15) is 0 Å². The largest absolute Gasteiger partial charge is 0.311 e. The third-order valence-electron chi connectivity index (χ3n) is 4.46. The summed E-state index contributed by atoms with van der Waals surface area (Å²) in [6, 6.07) is 1.35. The fourth-order valence-electron chi connectivity index (χ4n) is 3.21. The molecule has 1 aliphatic heterocycles. The van der Waals surface area contributed by atoms with E-state index in [0.29, 0.717) is 18.0 Å². The van der Waals surface area contributed by atoms with Crippen LogP contribution in [0.15, 0.2) is 0 Å². The lowest BCUT2D eigenvalue weighted by molar-refractivity contribution is 0.0922. The van der Waals surface area contributed by atoms with Crippen molar-refractivity contribution in [2.45, 2.75) is 72.0 Å². The first-order chi connectivity index (χ1) is 9.24. The molecule has 0 aromatic carbocycles. The number of hydrogen-bond acceptors (Lipinski definition) is 3. The van der Waals surface area contributed by atoms with E-state index >= 15 is 0 Å². The second-order valence-electron chi connectivity index (χ2n) is 7.86. The van der Waals surface area contributed by atoms with E-state index in [2.05, 4.69) is 63.7 Å². The first-order valence-corrected chi connectivity index (χ1v) is 8.44. The maximum absolute atomic E-state index is 3.72. The molecule has 0 amide bonds. The van der Waals surface area contributed by atoms with E-state index in [4.69, 9.17) is 0 Å². The van der Waals surface area contributed by atoms with Gasteiger partial charge < -0.3 is 10.2 Å². The Kier molecular flexibility index (Phi) is 6.96. The summed E-state index contributed by atoms with van der Waals surface area (Å²) in [5.41, 5.74) is 0.206. The van der Waals surface area contributed by atoms with E-state index in [1.807, 2.05) is 0 Å². The van der Waals surface area contributed by atoms with Crippen LogP contribution in [0, 0.1) is 5.92 Å². The number of nitrogens with zero attached hydrogens (tertiary/aromatic N) is 2. The smallest absolute Gasteiger partial charge is 0.0247 e. The molecule has 1 saturated heterocycles. The molecule has 120 valence electrons. The van der Waals surface area contributed by atoms with E-state index in [-0.39, 0.29) is 5.54 Å². The highest BCUT2D eigenvalue weighted by atomic mass is 15.3. The normalized spacial score (nSPS) is 24.9. The average Bonchev–Trinajstić information content (AvgIpc) is 2.49. The summed E-state index contributed by atoms with van der Waals surface area (Å²) in [5.74, 6) is 0.697. The molecule has 0 bridgehead atoms. The standard InChI is InChI=1S/C17H37N3/c1-8-15-13-19(7)10-9-11-20(15)16(14(2)3)12-18-17(4,5)6/h14-16,18H,8-13H2,1-7H3. The van der Waals surface area contributed by atoms with Gasteiger partial charge in [-0.25, -0.2) is 0 Å². The highest BCUT2D eigenvalue weighted by Gasteiger charge is 2.30. The molecule has 0 aromatic rings. The van der Waals surface area contributed by atoms with Gasteiger partial charge in [-0.3, -0.25) is 4.90 Å². The zero-order valence-corrected chi connectivity index (χ0v) is 14.9. The number of likely N-dealkylation sites (N-methyl/N-ethyl adjacent to an activating group) is 1. The second kappa shape index (κ2) is 7.77. The van der Waals surface area contributed by atoms with Crippen LogP contribution in [-0.2, 0) is 0 Å². The topological polar surface area (TPSA) is 18.5 Å². The van der Waals surface area contributed by atoms with E-state index in [1.165, 1.54) is 32.5 Å². The van der Waals surface area contributed by atoms with Crippen LogP contribution in [0.25, 0.3) is 0 Å². The highest BCUT2D eigenvalue weighted by molar-refractivity contribution is 4.87. The van der Waals surface area contributed by atoms with Crippen molar-refractivity contribution in [3.05, 3.63) is 0 Å². The summed E-state index contributed by atoms with van der Waals surface area (Å²) in [7, 11) is 2.27. The molecule has 1 N–H and O–H groups in total. The molecule has 2 atom stereocenters. The molecule has 0 radical (unpaired) electrons. The zero-order chi connectivity index (χ0) is 15.3. The molecular formula is C17H37N3. The molecule has 1 fully saturated rings. The maximum Gasteiger partial charge on any atom is 0.0247 e. The van der Waals surface area contributed by atoms with E-state index in [1.54, 1.807) is 0 Å². The molecular weight excluding hydrogens is 246 g/mol. The Morgan fingerprint density at radius 1 is 1.20 bits per heavy atom. The maximum atomic E-state index is 3.72. The van der Waals surface area contributed by atoms with Gasteiger partial charge in [0.05, 0.1) is 0 Å². The summed E-state index contributed by atoms with van der Waals surface area (Å²) in [6.07, 6.45) is 2.55. The number of nitrogens with one attached hydrogen (secondary N) is 1. The fraction of sp³-hybridized carbons (Fsp3) is 1.00. The Labute approximate surface area is 127 Å². The van der Waals surface area contributed by atoms with Gasteiger partial charge in [-0.05, 0) is 53.1 Å². The van der Waals surface area contributed by atoms with Gasteiger partial charge in [-0.1, -0.05) is 20.8 Å². The Hall–Kier alpha value is -0.120. The third-order valence-corrected chi connectivity index (χ3v) is 4.46. The summed E-state index contributed by atoms with van der Waals surface area (Å²) in [4.78, 5) is 5.29. The summed E-state index contributed by atoms with van der Waals surface area (Å²) < 4.78 is 0. The monoisotopic (exact) mass is 283 g/mol. The SMILES string of the molecule is CCC1CN(C)CCCN1C(CNC(C)(C)C)C(C)C. The van der Waals surface area contributed by atoms with Gasteiger partial charge in [-0.2, -0.15) is 0 Å². The van der Waals surface area contributed by atoms with Crippen LogP contribution in [-0.4, -0.2) is 60.6 Å². The van der Waals surface area contributed by atoms with Crippen molar-refractivity contribution in [3.8, 4) is 0 Å². The highest BCUT2D eigenvalue weighted by Crippen LogP contribution is 2.20. The number of rotatable bonds is 5. The minimum absolute atomic E-state index is 0.206. The predicted octanol–water partition coefficient (Wildman–Crippen LogP) is 2.82. The molecule has 0 aromatic heterocycles. The molecule has 0 saturated carbocycles. The Bertz CT molecular complexity index is 270. The van der Waals surface area contributed by atoms with Crippen molar-refractivity contribution in [2.75, 3.05) is 33.2 Å². The first-order valence-electron chi connectivity index (χ1n) is 8.44. The molecule has 20 heavy (non-hydrogen) atoms. The lowest BCUT2D eigenvalue weighted by atomic mass is 9.97. The van der Waals surface area contributed by atoms with Gasteiger partial charge in [0, 0.05) is 37.3 Å². The van der Waals surface area contributed by atoms with Gasteiger partial charge >= 0.3 is 0 Å². The first kappa shape index (κ1) is 17.9. The fourth-order valence-corrected chi connectivity index (χ4v) is 3.21. The van der Waals surface area contributed by atoms with Gasteiger partial charge in [0.15, 0.2) is 0 Å². The summed E-state index contributed by atoms with van der Waals surface area (Å²) in [5, 5.41) is 3.72. The molecule has 3 heteroatoms. The zero-order valence-electron chi connectivity index (χ0n) is 14.9. The van der Waals surface area contributed by atoms with E-state index in [9.17, 15) is 0 Å². The van der Waals surface area contributed by atoms with Crippen LogP contribution < -0.4 is 5.32 Å². The van der Waals surface area contributed by atoms with Crippen LogP contribution in [0.2, 0.25) is 0 Å². The minimum atomic E-state index is 0.206. The van der Waals surface area contributed by atoms with Crippen molar-refractivity contribution < 1.29 is 0 Å². The number of hydrogen-bond donors (Lipinski definition) is 1. The lowest BCUT2D eigenvalue weighted by Crippen LogP contribution is -2.54. The van der Waals surface area contributed by atoms with Crippen molar-refractivity contribution in [2.24, 2.45) is 5.92 Å². The van der Waals surface area contributed by atoms with Gasteiger partial charge in [0.2, 0.25) is 0 Å². The van der Waals surface area contributed by atoms with E-state index < -0.39 is 0 Å². The Balaban J connectivity index is 2.76. The molecule has 1 heterocycles. The second-order valence-corrected chi connectivity index (χ2v) is 7.86. The third kappa shape index (κ3) is 5.71. The Morgan fingerprint density at radius 2 is 1.85 bits per heavy atom. The van der Waals surface area contributed by atoms with Gasteiger partial charge in [-0.15, -0.1) is 0 Å². The van der Waals surface area contributed by atoms with Gasteiger partial charge in [0.25, 0.3) is 0 Å². The molecule has 0 spiro atoms. The van der Waals surface area contributed by atoms with E-state index in [0.717, 1.165) is 6.54 Å². The van der Waals surface area contributed by atoms with Crippen molar-refractivity contribution in [1.29, 1.82) is 0 Å². The van der Waals surface area contributed by atoms with Crippen molar-refractivity contribution in [3.63, 3.8) is 0 Å². The van der Waals surface area contributed by atoms with Crippen LogP contribution in [0.5, 0.6) is 0 Å². The van der Waals surface area contributed by atoms with Crippen LogP contribution in [0.3, 0.4) is 0 Å². The van der Waals surface area contributed by atoms with Crippen molar-refractivity contribution >= 4 is 0 Å². The summed E-state index contributed by atoms with van der Waals surface area (Å²) in [6.45, 7) is 18.7. The Morgan fingerprint density at radius 3 is 2.35 bits per heavy atom. The molecule has 1 rings (SSSR count). The predicted molar refractivity (Wildman–Crippen MR) is 89.3 cm³/mol. The molecule has 0 aliphatic carbocycles. The average molecular weight is 284 g/mol.